The molecule has 1 aromatic rings. The first-order chi connectivity index (χ1) is 10.3. The molecule has 0 spiro atoms. The molecule has 1 saturated heterocycles. The largest absolute Gasteiger partial charge is 0.352 e. The summed E-state index contributed by atoms with van der Waals surface area (Å²) in [6.45, 7) is 2.69. The molecule has 0 amide bonds. The molecule has 21 heavy (non-hydrogen) atoms. The molecule has 3 nitrogen and oxygen atoms in total. The Hall–Kier alpha value is -1.58. The van der Waals surface area contributed by atoms with Gasteiger partial charge in [0.1, 0.15) is 5.82 Å². The number of likely N-dealkylation sites (tertiary alicyclic amines) is 1. The number of halogens is 1. The predicted octanol–water partition coefficient (Wildman–Crippen LogP) is 3.02. The number of nitrogens with zero attached hydrogens (tertiary/aromatic N) is 2. The van der Waals surface area contributed by atoms with E-state index in [1.54, 1.807) is 6.07 Å². The monoisotopic (exact) mass is 289 g/mol. The molecule has 0 radical (unpaired) electrons. The van der Waals surface area contributed by atoms with E-state index in [0.717, 1.165) is 30.9 Å². The molecular weight excluding hydrogens is 265 g/mol. The minimum absolute atomic E-state index is 0.157. The van der Waals surface area contributed by atoms with Gasteiger partial charge in [0.2, 0.25) is 0 Å². The first kappa shape index (κ1) is 14.4. The highest BCUT2D eigenvalue weighted by atomic mass is 19.1. The number of nitrogens with one attached hydrogen (secondary N) is 1. The average molecular weight is 289 g/mol. The SMILES string of the molecule is CN=C(NCc1ccccc1F)N1CC2CCCCC2C1. The molecule has 1 heterocycles. The molecule has 2 aliphatic rings. The Balaban J connectivity index is 1.60. The molecule has 1 aliphatic heterocycles. The van der Waals surface area contributed by atoms with Crippen LogP contribution in [-0.2, 0) is 6.54 Å². The fourth-order valence-corrected chi connectivity index (χ4v) is 3.73. The standard InChI is InChI=1S/C17H24FN3/c1-19-17(20-10-13-6-4-5-9-16(13)18)21-11-14-7-2-3-8-15(14)12-21/h4-6,9,14-15H,2-3,7-8,10-12H2,1H3,(H,19,20). The second-order valence-electron chi connectivity index (χ2n) is 6.20. The lowest BCUT2D eigenvalue weighted by Crippen LogP contribution is -2.40. The van der Waals surface area contributed by atoms with Crippen molar-refractivity contribution in [3.8, 4) is 0 Å². The van der Waals surface area contributed by atoms with Crippen molar-refractivity contribution >= 4 is 5.96 Å². The minimum Gasteiger partial charge on any atom is -0.352 e. The number of hydrogen-bond acceptors (Lipinski definition) is 1. The number of rotatable bonds is 2. The third kappa shape index (κ3) is 3.20. The molecule has 1 saturated carbocycles. The van der Waals surface area contributed by atoms with Gasteiger partial charge < -0.3 is 10.2 Å². The Morgan fingerprint density at radius 3 is 2.52 bits per heavy atom. The Morgan fingerprint density at radius 2 is 1.90 bits per heavy atom. The summed E-state index contributed by atoms with van der Waals surface area (Å²) >= 11 is 0. The van der Waals surface area contributed by atoms with Crippen LogP contribution in [-0.4, -0.2) is 31.0 Å². The zero-order valence-electron chi connectivity index (χ0n) is 12.7. The Kier molecular flexibility index (Phi) is 4.42. The van der Waals surface area contributed by atoms with Gasteiger partial charge in [-0.05, 0) is 30.7 Å². The third-order valence-electron chi connectivity index (χ3n) is 4.88. The molecule has 0 bridgehead atoms. The molecule has 2 atom stereocenters. The van der Waals surface area contributed by atoms with Gasteiger partial charge in [0.15, 0.2) is 5.96 Å². The summed E-state index contributed by atoms with van der Waals surface area (Å²) in [6, 6.07) is 6.91. The predicted molar refractivity (Wildman–Crippen MR) is 83.6 cm³/mol. The molecular formula is C17H24FN3. The zero-order chi connectivity index (χ0) is 14.7. The lowest BCUT2D eigenvalue weighted by atomic mass is 9.82. The summed E-state index contributed by atoms with van der Waals surface area (Å²) in [6.07, 6.45) is 5.45. The van der Waals surface area contributed by atoms with Gasteiger partial charge in [0.05, 0.1) is 0 Å². The highest BCUT2D eigenvalue weighted by Crippen LogP contribution is 2.35. The van der Waals surface area contributed by atoms with Gasteiger partial charge in [-0.15, -0.1) is 0 Å². The first-order valence-corrected chi connectivity index (χ1v) is 7.97. The lowest BCUT2D eigenvalue weighted by molar-refractivity contribution is 0.299. The van der Waals surface area contributed by atoms with Crippen molar-refractivity contribution in [1.29, 1.82) is 0 Å². The summed E-state index contributed by atoms with van der Waals surface area (Å²) in [7, 11) is 1.81. The van der Waals surface area contributed by atoms with Crippen LogP contribution in [0.25, 0.3) is 0 Å². The van der Waals surface area contributed by atoms with E-state index in [9.17, 15) is 4.39 Å². The van der Waals surface area contributed by atoms with E-state index in [4.69, 9.17) is 0 Å². The Bertz CT molecular complexity index is 501. The highest BCUT2D eigenvalue weighted by Gasteiger charge is 2.35. The number of fused-ring (bicyclic) bond motifs is 1. The molecule has 2 fully saturated rings. The molecule has 1 N–H and O–H groups in total. The van der Waals surface area contributed by atoms with Crippen LogP contribution in [0.1, 0.15) is 31.2 Å². The first-order valence-electron chi connectivity index (χ1n) is 7.97. The van der Waals surface area contributed by atoms with Crippen molar-refractivity contribution in [3.05, 3.63) is 35.6 Å². The third-order valence-corrected chi connectivity index (χ3v) is 4.88. The second kappa shape index (κ2) is 6.46. The maximum Gasteiger partial charge on any atom is 0.193 e. The van der Waals surface area contributed by atoms with E-state index in [-0.39, 0.29) is 5.82 Å². The van der Waals surface area contributed by atoms with Gasteiger partial charge >= 0.3 is 0 Å². The summed E-state index contributed by atoms with van der Waals surface area (Å²) in [5, 5.41) is 3.31. The van der Waals surface area contributed by atoms with Crippen LogP contribution in [0.2, 0.25) is 0 Å². The van der Waals surface area contributed by atoms with Gasteiger partial charge in [0, 0.05) is 32.2 Å². The number of hydrogen-bond donors (Lipinski definition) is 1. The number of aliphatic imine (C=N–C) groups is 1. The maximum absolute atomic E-state index is 13.7. The molecule has 114 valence electrons. The van der Waals surface area contributed by atoms with Crippen molar-refractivity contribution in [3.63, 3.8) is 0 Å². The lowest BCUT2D eigenvalue weighted by Gasteiger charge is -2.22. The molecule has 4 heteroatoms. The van der Waals surface area contributed by atoms with Crippen molar-refractivity contribution in [2.45, 2.75) is 32.2 Å². The van der Waals surface area contributed by atoms with Crippen LogP contribution < -0.4 is 5.32 Å². The van der Waals surface area contributed by atoms with E-state index in [1.165, 1.54) is 31.7 Å². The molecule has 1 aliphatic carbocycles. The van der Waals surface area contributed by atoms with E-state index >= 15 is 0 Å². The maximum atomic E-state index is 13.7. The van der Waals surface area contributed by atoms with Crippen LogP contribution >= 0.6 is 0 Å². The van der Waals surface area contributed by atoms with Gasteiger partial charge in [-0.25, -0.2) is 4.39 Å². The summed E-state index contributed by atoms with van der Waals surface area (Å²) in [5.74, 6) is 2.40. The molecule has 1 aromatic carbocycles. The number of guanidine groups is 1. The van der Waals surface area contributed by atoms with Crippen molar-refractivity contribution in [2.24, 2.45) is 16.8 Å². The second-order valence-corrected chi connectivity index (χ2v) is 6.20. The Morgan fingerprint density at radius 1 is 1.24 bits per heavy atom. The summed E-state index contributed by atoms with van der Waals surface area (Å²) in [4.78, 5) is 6.73. The van der Waals surface area contributed by atoms with Crippen LogP contribution in [0, 0.1) is 17.7 Å². The summed E-state index contributed by atoms with van der Waals surface area (Å²) < 4.78 is 13.7. The van der Waals surface area contributed by atoms with Gasteiger partial charge in [-0.1, -0.05) is 31.0 Å². The molecule has 2 unspecified atom stereocenters. The number of benzene rings is 1. The fourth-order valence-electron chi connectivity index (χ4n) is 3.73. The van der Waals surface area contributed by atoms with Crippen LogP contribution in [0.5, 0.6) is 0 Å². The smallest absolute Gasteiger partial charge is 0.193 e. The van der Waals surface area contributed by atoms with Crippen molar-refractivity contribution in [2.75, 3.05) is 20.1 Å². The Labute approximate surface area is 126 Å². The molecule has 3 rings (SSSR count). The normalized spacial score (nSPS) is 25.8. The van der Waals surface area contributed by atoms with E-state index in [2.05, 4.69) is 15.2 Å². The van der Waals surface area contributed by atoms with Crippen LogP contribution in [0.4, 0.5) is 4.39 Å². The van der Waals surface area contributed by atoms with E-state index in [0.29, 0.717) is 12.1 Å². The minimum atomic E-state index is -0.157. The van der Waals surface area contributed by atoms with Crippen LogP contribution in [0.15, 0.2) is 29.3 Å². The fraction of sp³-hybridized carbons (Fsp3) is 0.588. The van der Waals surface area contributed by atoms with Gasteiger partial charge in [-0.2, -0.15) is 0 Å². The van der Waals surface area contributed by atoms with Crippen LogP contribution in [0.3, 0.4) is 0 Å². The van der Waals surface area contributed by atoms with Gasteiger partial charge in [0.25, 0.3) is 0 Å². The quantitative estimate of drug-likeness (QED) is 0.669. The summed E-state index contributed by atoms with van der Waals surface area (Å²) in [5.41, 5.74) is 0.690. The van der Waals surface area contributed by atoms with E-state index in [1.807, 2.05) is 19.2 Å². The van der Waals surface area contributed by atoms with Crippen molar-refractivity contribution < 1.29 is 4.39 Å². The average Bonchev–Trinajstić information content (AvgIpc) is 2.93. The van der Waals surface area contributed by atoms with Gasteiger partial charge in [-0.3, -0.25) is 4.99 Å². The molecule has 0 aromatic heterocycles. The zero-order valence-corrected chi connectivity index (χ0v) is 12.7. The van der Waals surface area contributed by atoms with E-state index < -0.39 is 0 Å². The van der Waals surface area contributed by atoms with Crippen molar-refractivity contribution in [1.82, 2.24) is 10.2 Å². The topological polar surface area (TPSA) is 27.6 Å². The highest BCUT2D eigenvalue weighted by molar-refractivity contribution is 5.80.